The Labute approximate surface area is 118 Å². The molecule has 0 amide bonds. The fourth-order valence-electron chi connectivity index (χ4n) is 2.32. The van der Waals surface area contributed by atoms with Crippen molar-refractivity contribution in [1.82, 2.24) is 0 Å². The van der Waals surface area contributed by atoms with Gasteiger partial charge in [-0.25, -0.2) is 0 Å². The Balaban J connectivity index is 0.000000861. The van der Waals surface area contributed by atoms with Gasteiger partial charge >= 0.3 is 0 Å². The Kier molecular flexibility index (Phi) is 6.14. The molecule has 0 spiro atoms. The van der Waals surface area contributed by atoms with E-state index in [1.165, 1.54) is 22.5 Å². The van der Waals surface area contributed by atoms with Crippen LogP contribution < -0.4 is 4.90 Å². The van der Waals surface area contributed by atoms with Gasteiger partial charge in [0.1, 0.15) is 0 Å². The molecule has 0 N–H and O–H groups in total. The molecule has 0 saturated heterocycles. The van der Waals surface area contributed by atoms with Gasteiger partial charge in [-0.3, -0.25) is 0 Å². The summed E-state index contributed by atoms with van der Waals surface area (Å²) in [5.74, 6) is 0. The molecule has 102 valence electrons. The summed E-state index contributed by atoms with van der Waals surface area (Å²) in [5, 5.41) is 0. The molecule has 0 bridgehead atoms. The summed E-state index contributed by atoms with van der Waals surface area (Å²) < 4.78 is 0. The van der Waals surface area contributed by atoms with E-state index < -0.39 is 0 Å². The SMILES string of the molecule is C/C=C\C1=C(CC)N(C)c2ccccc2C=C1.CC. The van der Waals surface area contributed by atoms with E-state index >= 15 is 0 Å². The number of rotatable bonds is 2. The van der Waals surface area contributed by atoms with Crippen LogP contribution in [-0.2, 0) is 0 Å². The van der Waals surface area contributed by atoms with Gasteiger partial charge in [0.15, 0.2) is 0 Å². The first-order chi connectivity index (χ1) is 9.27. The highest BCUT2D eigenvalue weighted by Gasteiger charge is 2.13. The lowest BCUT2D eigenvalue weighted by atomic mass is 10.1. The van der Waals surface area contributed by atoms with Gasteiger partial charge < -0.3 is 4.90 Å². The summed E-state index contributed by atoms with van der Waals surface area (Å²) in [6.45, 7) is 8.27. The Morgan fingerprint density at radius 2 is 1.79 bits per heavy atom. The lowest BCUT2D eigenvalue weighted by molar-refractivity contribution is 0.967. The number of benzene rings is 1. The number of para-hydroxylation sites is 1. The topological polar surface area (TPSA) is 3.24 Å². The largest absolute Gasteiger partial charge is 0.347 e. The van der Waals surface area contributed by atoms with Gasteiger partial charge in [0.2, 0.25) is 0 Å². The zero-order chi connectivity index (χ0) is 14.3. The average molecular weight is 255 g/mol. The van der Waals surface area contributed by atoms with Crippen LogP contribution in [-0.4, -0.2) is 7.05 Å². The van der Waals surface area contributed by atoms with Crippen LogP contribution in [0.2, 0.25) is 0 Å². The van der Waals surface area contributed by atoms with Crippen LogP contribution in [0.25, 0.3) is 6.08 Å². The van der Waals surface area contributed by atoms with Crippen LogP contribution in [0.5, 0.6) is 0 Å². The van der Waals surface area contributed by atoms with Gasteiger partial charge in [0.05, 0.1) is 0 Å². The standard InChI is InChI=1S/C16H19N.C2H6/c1-4-8-13-11-12-14-9-6-7-10-16(14)17(3)15(13)5-2;1-2/h4,6-12H,5H2,1-3H3;1-2H3/b8-4-;. The molecule has 0 unspecified atom stereocenters. The molecule has 2 rings (SSSR count). The molecule has 0 aliphatic carbocycles. The van der Waals surface area contributed by atoms with E-state index in [9.17, 15) is 0 Å². The summed E-state index contributed by atoms with van der Waals surface area (Å²) in [6, 6.07) is 8.52. The van der Waals surface area contributed by atoms with Crippen molar-refractivity contribution in [1.29, 1.82) is 0 Å². The maximum atomic E-state index is 2.30. The molecule has 0 saturated carbocycles. The molecule has 1 aromatic rings. The van der Waals surface area contributed by atoms with Crippen molar-refractivity contribution in [2.24, 2.45) is 0 Å². The summed E-state index contributed by atoms with van der Waals surface area (Å²) >= 11 is 0. The summed E-state index contributed by atoms with van der Waals surface area (Å²) in [6.07, 6.45) is 9.72. The Hall–Kier alpha value is -1.76. The molecule has 1 aliphatic heterocycles. The van der Waals surface area contributed by atoms with Crippen LogP contribution in [0.3, 0.4) is 0 Å². The van der Waals surface area contributed by atoms with Crippen molar-refractivity contribution in [2.45, 2.75) is 34.1 Å². The number of nitrogens with zero attached hydrogens (tertiary/aromatic N) is 1. The molecule has 1 nitrogen and oxygen atoms in total. The second-order valence-electron chi connectivity index (χ2n) is 4.21. The number of anilines is 1. The van der Waals surface area contributed by atoms with Crippen LogP contribution in [0.15, 0.2) is 53.8 Å². The molecule has 0 aromatic heterocycles. The number of allylic oxidation sites excluding steroid dienone is 5. The third-order valence-electron chi connectivity index (χ3n) is 3.16. The van der Waals surface area contributed by atoms with Crippen molar-refractivity contribution in [2.75, 3.05) is 11.9 Å². The monoisotopic (exact) mass is 255 g/mol. The zero-order valence-corrected chi connectivity index (χ0v) is 12.8. The van der Waals surface area contributed by atoms with E-state index in [-0.39, 0.29) is 0 Å². The highest BCUT2D eigenvalue weighted by molar-refractivity contribution is 5.74. The molecular formula is C18H25N. The van der Waals surface area contributed by atoms with Gasteiger partial charge in [0.25, 0.3) is 0 Å². The smallest absolute Gasteiger partial charge is 0.0479 e. The third-order valence-corrected chi connectivity index (χ3v) is 3.16. The minimum Gasteiger partial charge on any atom is -0.347 e. The highest BCUT2D eigenvalue weighted by Crippen LogP contribution is 2.30. The predicted molar refractivity (Wildman–Crippen MR) is 87.4 cm³/mol. The summed E-state index contributed by atoms with van der Waals surface area (Å²) in [5.41, 5.74) is 5.22. The van der Waals surface area contributed by atoms with E-state index in [1.807, 2.05) is 13.8 Å². The van der Waals surface area contributed by atoms with Crippen LogP contribution in [0.4, 0.5) is 5.69 Å². The van der Waals surface area contributed by atoms with Gasteiger partial charge in [-0.05, 0) is 30.5 Å². The van der Waals surface area contributed by atoms with E-state index in [0.29, 0.717) is 0 Å². The Morgan fingerprint density at radius 1 is 1.11 bits per heavy atom. The van der Waals surface area contributed by atoms with Gasteiger partial charge in [-0.1, -0.05) is 63.3 Å². The van der Waals surface area contributed by atoms with E-state index in [0.717, 1.165) is 6.42 Å². The minimum atomic E-state index is 1.04. The molecule has 1 heteroatoms. The first-order valence-electron chi connectivity index (χ1n) is 7.14. The highest BCUT2D eigenvalue weighted by atomic mass is 15.1. The second-order valence-corrected chi connectivity index (χ2v) is 4.21. The third kappa shape index (κ3) is 3.37. The number of fused-ring (bicyclic) bond motifs is 1. The van der Waals surface area contributed by atoms with Crippen LogP contribution in [0.1, 0.15) is 39.7 Å². The fraction of sp³-hybridized carbons (Fsp3) is 0.333. The Bertz CT molecular complexity index is 492. The van der Waals surface area contributed by atoms with Crippen molar-refractivity contribution in [3.05, 3.63) is 59.3 Å². The summed E-state index contributed by atoms with van der Waals surface area (Å²) in [7, 11) is 2.15. The van der Waals surface area contributed by atoms with Crippen molar-refractivity contribution in [3.63, 3.8) is 0 Å². The summed E-state index contributed by atoms with van der Waals surface area (Å²) in [4.78, 5) is 2.30. The molecule has 0 radical (unpaired) electrons. The number of hydrogen-bond acceptors (Lipinski definition) is 1. The molecule has 1 aliphatic rings. The van der Waals surface area contributed by atoms with E-state index in [2.05, 4.69) is 74.4 Å². The number of hydrogen-bond donors (Lipinski definition) is 0. The lowest BCUT2D eigenvalue weighted by Crippen LogP contribution is -2.17. The predicted octanol–water partition coefficient (Wildman–Crippen LogP) is 5.42. The second kappa shape index (κ2) is 7.63. The molecule has 0 fully saturated rings. The van der Waals surface area contributed by atoms with Gasteiger partial charge in [0, 0.05) is 18.4 Å². The van der Waals surface area contributed by atoms with Crippen molar-refractivity contribution < 1.29 is 0 Å². The fourth-order valence-corrected chi connectivity index (χ4v) is 2.32. The quantitative estimate of drug-likeness (QED) is 0.682. The van der Waals surface area contributed by atoms with Crippen LogP contribution >= 0.6 is 0 Å². The first-order valence-corrected chi connectivity index (χ1v) is 7.14. The zero-order valence-electron chi connectivity index (χ0n) is 12.8. The maximum absolute atomic E-state index is 2.30. The minimum absolute atomic E-state index is 1.04. The van der Waals surface area contributed by atoms with Gasteiger partial charge in [-0.2, -0.15) is 0 Å². The normalized spacial score (nSPS) is 14.1. The maximum Gasteiger partial charge on any atom is 0.0479 e. The molecular weight excluding hydrogens is 230 g/mol. The van der Waals surface area contributed by atoms with Crippen molar-refractivity contribution >= 4 is 11.8 Å². The van der Waals surface area contributed by atoms with E-state index in [1.54, 1.807) is 0 Å². The molecule has 0 atom stereocenters. The van der Waals surface area contributed by atoms with E-state index in [4.69, 9.17) is 0 Å². The molecule has 1 heterocycles. The van der Waals surface area contributed by atoms with Gasteiger partial charge in [-0.15, -0.1) is 0 Å². The average Bonchev–Trinajstić information content (AvgIpc) is 2.60. The lowest BCUT2D eigenvalue weighted by Gasteiger charge is -2.23. The Morgan fingerprint density at radius 3 is 2.42 bits per heavy atom. The first kappa shape index (κ1) is 15.3. The van der Waals surface area contributed by atoms with Crippen molar-refractivity contribution in [3.8, 4) is 0 Å². The van der Waals surface area contributed by atoms with Crippen LogP contribution in [0, 0.1) is 0 Å². The molecule has 19 heavy (non-hydrogen) atoms. The molecule has 1 aromatic carbocycles.